The molecule has 0 amide bonds. The third-order valence-electron chi connectivity index (χ3n) is 3.44. The Hall–Kier alpha value is -1.64. The van der Waals surface area contributed by atoms with Crippen LogP contribution in [0.3, 0.4) is 0 Å². The lowest BCUT2D eigenvalue weighted by Gasteiger charge is -2.39. The Bertz CT molecular complexity index is 659. The molecule has 0 saturated carbocycles. The average Bonchev–Trinajstić information content (AvgIpc) is 2.40. The van der Waals surface area contributed by atoms with Gasteiger partial charge in [0.15, 0.2) is 0 Å². The Morgan fingerprint density at radius 3 is 2.67 bits per heavy atom. The van der Waals surface area contributed by atoms with E-state index in [1.54, 1.807) is 0 Å². The molecule has 7 nitrogen and oxygen atoms in total. The molecular formula is C13H18N2O5S. The summed E-state index contributed by atoms with van der Waals surface area (Å²) < 4.78 is 28.2. The van der Waals surface area contributed by atoms with Crippen LogP contribution in [0.5, 0.6) is 0 Å². The third-order valence-corrected chi connectivity index (χ3v) is 4.36. The fraction of sp³-hybridized carbons (Fsp3) is 0.462. The Kier molecular flexibility index (Phi) is 4.22. The van der Waals surface area contributed by atoms with Crippen molar-refractivity contribution in [2.75, 3.05) is 18.1 Å². The van der Waals surface area contributed by atoms with Crippen LogP contribution < -0.4 is 10.0 Å². The largest absolute Gasteiger partial charge is 0.478 e. The molecule has 1 aliphatic heterocycles. The van der Waals surface area contributed by atoms with Gasteiger partial charge in [0.05, 0.1) is 28.9 Å². The predicted molar refractivity (Wildman–Crippen MR) is 77.0 cm³/mol. The van der Waals surface area contributed by atoms with Crippen LogP contribution in [0, 0.1) is 0 Å². The van der Waals surface area contributed by atoms with E-state index in [0.29, 0.717) is 18.8 Å². The zero-order valence-electron chi connectivity index (χ0n) is 11.8. The molecule has 1 aromatic carbocycles. The highest BCUT2D eigenvalue weighted by Crippen LogP contribution is 2.28. The Balaban J connectivity index is 2.50. The molecule has 0 aliphatic carbocycles. The number of primary sulfonamides is 1. The van der Waals surface area contributed by atoms with Crippen molar-refractivity contribution in [1.29, 1.82) is 0 Å². The predicted octanol–water partition coefficient (Wildman–Crippen LogP) is 0.646. The normalized spacial score (nSPS) is 23.1. The number of hydrogen-bond acceptors (Lipinski definition) is 5. The zero-order valence-corrected chi connectivity index (χ0v) is 12.6. The van der Waals surface area contributed by atoms with Crippen LogP contribution in [-0.4, -0.2) is 44.8 Å². The second kappa shape index (κ2) is 5.63. The van der Waals surface area contributed by atoms with E-state index in [1.807, 2.05) is 18.7 Å². The molecule has 3 N–H and O–H groups in total. The highest BCUT2D eigenvalue weighted by atomic mass is 32.2. The maximum atomic E-state index is 11.4. The lowest BCUT2D eigenvalue weighted by Crippen LogP contribution is -2.48. The minimum atomic E-state index is -3.94. The first-order valence-corrected chi connectivity index (χ1v) is 8.03. The first-order chi connectivity index (χ1) is 9.70. The first-order valence-electron chi connectivity index (χ1n) is 6.48. The summed E-state index contributed by atoms with van der Waals surface area (Å²) in [5.41, 5.74) is 0.389. The number of benzene rings is 1. The lowest BCUT2D eigenvalue weighted by atomic mass is 10.1. The Morgan fingerprint density at radius 2 is 2.10 bits per heavy atom. The van der Waals surface area contributed by atoms with E-state index in [4.69, 9.17) is 9.88 Å². The molecule has 2 rings (SSSR count). The molecule has 0 spiro atoms. The van der Waals surface area contributed by atoms with Gasteiger partial charge in [0.1, 0.15) is 0 Å². The summed E-state index contributed by atoms with van der Waals surface area (Å²) in [4.78, 5) is 13.1. The summed E-state index contributed by atoms with van der Waals surface area (Å²) in [6.07, 6.45) is -0.0271. The summed E-state index contributed by atoms with van der Waals surface area (Å²) in [5, 5.41) is 14.4. The fourth-order valence-corrected chi connectivity index (χ4v) is 2.89. The molecule has 116 valence electrons. The first kappa shape index (κ1) is 15.7. The number of aromatic carboxylic acids is 1. The van der Waals surface area contributed by atoms with E-state index >= 15 is 0 Å². The quantitative estimate of drug-likeness (QED) is 0.847. The minimum absolute atomic E-state index is 0.000339. The Labute approximate surface area is 123 Å². The van der Waals surface area contributed by atoms with Crippen molar-refractivity contribution in [1.82, 2.24) is 0 Å². The zero-order chi connectivity index (χ0) is 15.8. The third kappa shape index (κ3) is 3.34. The SMILES string of the molecule is CC1CN(c2ccc(S(N)(=O)=O)cc2C(=O)O)C(C)CO1. The van der Waals surface area contributed by atoms with Crippen LogP contribution in [-0.2, 0) is 14.8 Å². The number of carboxylic acid groups (broad SMARTS) is 1. The van der Waals surface area contributed by atoms with E-state index in [-0.39, 0.29) is 22.6 Å². The van der Waals surface area contributed by atoms with E-state index in [0.717, 1.165) is 6.07 Å². The van der Waals surface area contributed by atoms with Crippen molar-refractivity contribution in [2.24, 2.45) is 5.14 Å². The number of ether oxygens (including phenoxy) is 1. The molecule has 0 radical (unpaired) electrons. The van der Waals surface area contributed by atoms with Crippen LogP contribution in [0.25, 0.3) is 0 Å². The van der Waals surface area contributed by atoms with Crippen molar-refractivity contribution < 1.29 is 23.1 Å². The van der Waals surface area contributed by atoms with Crippen LogP contribution in [0.2, 0.25) is 0 Å². The molecule has 1 aromatic rings. The molecule has 2 unspecified atom stereocenters. The van der Waals surface area contributed by atoms with Gasteiger partial charge in [0.2, 0.25) is 10.0 Å². The molecule has 1 saturated heterocycles. The summed E-state index contributed by atoms with van der Waals surface area (Å²) >= 11 is 0. The van der Waals surface area contributed by atoms with Crippen LogP contribution in [0.15, 0.2) is 23.1 Å². The number of nitrogens with zero attached hydrogens (tertiary/aromatic N) is 1. The lowest BCUT2D eigenvalue weighted by molar-refractivity contribution is 0.0341. The molecule has 8 heteroatoms. The van der Waals surface area contributed by atoms with Crippen molar-refractivity contribution in [3.05, 3.63) is 23.8 Å². The standard InChI is InChI=1S/C13H18N2O5S/c1-8-7-20-9(2)6-15(8)12-4-3-10(21(14,18)19)5-11(12)13(16)17/h3-5,8-9H,6-7H2,1-2H3,(H,16,17)(H2,14,18,19). The number of morpholine rings is 1. The highest BCUT2D eigenvalue weighted by Gasteiger charge is 2.27. The van der Waals surface area contributed by atoms with Gasteiger partial charge >= 0.3 is 5.97 Å². The molecule has 0 aromatic heterocycles. The summed E-state index contributed by atoms with van der Waals surface area (Å²) in [6, 6.07) is 3.90. The van der Waals surface area contributed by atoms with E-state index in [9.17, 15) is 18.3 Å². The Morgan fingerprint density at radius 1 is 1.43 bits per heavy atom. The number of carbonyl (C=O) groups is 1. The molecule has 1 aliphatic rings. The van der Waals surface area contributed by atoms with Crippen LogP contribution in [0.1, 0.15) is 24.2 Å². The van der Waals surface area contributed by atoms with Crippen LogP contribution in [0.4, 0.5) is 5.69 Å². The summed E-state index contributed by atoms with van der Waals surface area (Å²) in [7, 11) is -3.94. The smallest absolute Gasteiger partial charge is 0.337 e. The van der Waals surface area contributed by atoms with E-state index in [1.165, 1.54) is 12.1 Å². The van der Waals surface area contributed by atoms with Gasteiger partial charge in [-0.05, 0) is 32.0 Å². The van der Waals surface area contributed by atoms with Crippen molar-refractivity contribution in [3.63, 3.8) is 0 Å². The minimum Gasteiger partial charge on any atom is -0.478 e. The van der Waals surface area contributed by atoms with Gasteiger partial charge in [-0.1, -0.05) is 0 Å². The second-order valence-electron chi connectivity index (χ2n) is 5.17. The number of sulfonamides is 1. The summed E-state index contributed by atoms with van der Waals surface area (Å²) in [5.74, 6) is -1.19. The molecule has 2 atom stereocenters. The van der Waals surface area contributed by atoms with Crippen molar-refractivity contribution >= 4 is 21.7 Å². The molecule has 0 bridgehead atoms. The monoisotopic (exact) mass is 314 g/mol. The maximum Gasteiger partial charge on any atom is 0.337 e. The van der Waals surface area contributed by atoms with Crippen molar-refractivity contribution in [3.8, 4) is 0 Å². The van der Waals surface area contributed by atoms with Crippen molar-refractivity contribution in [2.45, 2.75) is 30.9 Å². The number of rotatable bonds is 3. The van der Waals surface area contributed by atoms with Gasteiger partial charge in [-0.2, -0.15) is 0 Å². The van der Waals surface area contributed by atoms with Gasteiger partial charge in [-0.25, -0.2) is 18.4 Å². The summed E-state index contributed by atoms with van der Waals surface area (Å²) in [6.45, 7) is 4.84. The number of nitrogens with two attached hydrogens (primary N) is 1. The van der Waals surface area contributed by atoms with Gasteiger partial charge < -0.3 is 14.7 Å². The number of hydrogen-bond donors (Lipinski definition) is 2. The van der Waals surface area contributed by atoms with Gasteiger partial charge in [0, 0.05) is 12.6 Å². The van der Waals surface area contributed by atoms with E-state index < -0.39 is 16.0 Å². The van der Waals surface area contributed by atoms with Crippen LogP contribution >= 0.6 is 0 Å². The van der Waals surface area contributed by atoms with Gasteiger partial charge in [-0.3, -0.25) is 0 Å². The molecule has 1 heterocycles. The van der Waals surface area contributed by atoms with Gasteiger partial charge in [-0.15, -0.1) is 0 Å². The highest BCUT2D eigenvalue weighted by molar-refractivity contribution is 7.89. The van der Waals surface area contributed by atoms with E-state index in [2.05, 4.69) is 0 Å². The second-order valence-corrected chi connectivity index (χ2v) is 6.74. The fourth-order valence-electron chi connectivity index (χ4n) is 2.35. The number of carboxylic acids is 1. The topological polar surface area (TPSA) is 110 Å². The van der Waals surface area contributed by atoms with Gasteiger partial charge in [0.25, 0.3) is 0 Å². The molecule has 21 heavy (non-hydrogen) atoms. The average molecular weight is 314 g/mol. The molecule has 1 fully saturated rings. The number of anilines is 1. The molecular weight excluding hydrogens is 296 g/mol. The maximum absolute atomic E-state index is 11.4.